The Labute approximate surface area is 130 Å². The van der Waals surface area contributed by atoms with Crippen LogP contribution >= 0.6 is 0 Å². The quantitative estimate of drug-likeness (QED) is 0.647. The van der Waals surface area contributed by atoms with Gasteiger partial charge < -0.3 is 9.30 Å². The van der Waals surface area contributed by atoms with Gasteiger partial charge in [0.25, 0.3) is 0 Å². The van der Waals surface area contributed by atoms with Crippen LogP contribution in [0.2, 0.25) is 0 Å². The van der Waals surface area contributed by atoms with Crippen molar-refractivity contribution in [3.8, 4) is 5.69 Å². The molecule has 22 heavy (non-hydrogen) atoms. The molecule has 0 atom stereocenters. The SMILES string of the molecule is CC(C)(C)OC(=O)c1ccc(-n2ccc3ccccc32)cc1. The Morgan fingerprint density at radius 2 is 1.64 bits per heavy atom. The van der Waals surface area contributed by atoms with Gasteiger partial charge in [-0.3, -0.25) is 0 Å². The highest BCUT2D eigenvalue weighted by atomic mass is 16.6. The first-order chi connectivity index (χ1) is 10.4. The van der Waals surface area contributed by atoms with Crippen molar-refractivity contribution >= 4 is 16.9 Å². The van der Waals surface area contributed by atoms with E-state index in [9.17, 15) is 4.79 Å². The van der Waals surface area contributed by atoms with Crippen LogP contribution in [-0.4, -0.2) is 16.1 Å². The predicted molar refractivity (Wildman–Crippen MR) is 88.4 cm³/mol. The summed E-state index contributed by atoms with van der Waals surface area (Å²) < 4.78 is 7.48. The lowest BCUT2D eigenvalue weighted by Crippen LogP contribution is -2.23. The molecule has 0 saturated carbocycles. The van der Waals surface area contributed by atoms with Crippen molar-refractivity contribution in [2.75, 3.05) is 0 Å². The first-order valence-electron chi connectivity index (χ1n) is 7.34. The smallest absolute Gasteiger partial charge is 0.338 e. The first kappa shape index (κ1) is 14.4. The lowest BCUT2D eigenvalue weighted by atomic mass is 10.1. The van der Waals surface area contributed by atoms with Gasteiger partial charge in [-0.2, -0.15) is 0 Å². The van der Waals surface area contributed by atoms with E-state index in [0.717, 1.165) is 11.2 Å². The minimum Gasteiger partial charge on any atom is -0.456 e. The fourth-order valence-electron chi connectivity index (χ4n) is 2.40. The Morgan fingerprint density at radius 3 is 2.32 bits per heavy atom. The number of aromatic nitrogens is 1. The van der Waals surface area contributed by atoms with Gasteiger partial charge in [0, 0.05) is 11.9 Å². The zero-order valence-corrected chi connectivity index (χ0v) is 13.0. The van der Waals surface area contributed by atoms with Gasteiger partial charge in [0.2, 0.25) is 0 Å². The van der Waals surface area contributed by atoms with Crippen LogP contribution < -0.4 is 0 Å². The number of fused-ring (bicyclic) bond motifs is 1. The summed E-state index contributed by atoms with van der Waals surface area (Å²) in [5.41, 5.74) is 2.25. The molecule has 0 N–H and O–H groups in total. The van der Waals surface area contributed by atoms with Crippen molar-refractivity contribution in [3.05, 3.63) is 66.4 Å². The molecule has 0 unspecified atom stereocenters. The highest BCUT2D eigenvalue weighted by molar-refractivity contribution is 5.90. The number of hydrogen-bond donors (Lipinski definition) is 0. The summed E-state index contributed by atoms with van der Waals surface area (Å²) in [6.45, 7) is 5.60. The summed E-state index contributed by atoms with van der Waals surface area (Å²) >= 11 is 0. The third kappa shape index (κ3) is 2.89. The average molecular weight is 293 g/mol. The molecule has 3 heteroatoms. The van der Waals surface area contributed by atoms with Crippen LogP contribution in [0, 0.1) is 0 Å². The van der Waals surface area contributed by atoms with Crippen LogP contribution in [0.1, 0.15) is 31.1 Å². The Hall–Kier alpha value is -2.55. The molecule has 3 aromatic rings. The fourth-order valence-corrected chi connectivity index (χ4v) is 2.40. The lowest BCUT2D eigenvalue weighted by Gasteiger charge is -2.19. The number of benzene rings is 2. The molecule has 0 fully saturated rings. The van der Waals surface area contributed by atoms with E-state index in [2.05, 4.69) is 22.8 Å². The van der Waals surface area contributed by atoms with E-state index in [-0.39, 0.29) is 5.97 Å². The van der Waals surface area contributed by atoms with E-state index in [1.54, 1.807) is 12.1 Å². The van der Waals surface area contributed by atoms with E-state index in [1.807, 2.05) is 51.2 Å². The number of carbonyl (C=O) groups excluding carboxylic acids is 1. The van der Waals surface area contributed by atoms with Crippen LogP contribution in [0.15, 0.2) is 60.8 Å². The van der Waals surface area contributed by atoms with Gasteiger partial charge in [0.05, 0.1) is 11.1 Å². The Bertz CT molecular complexity index is 807. The Kier molecular flexibility index (Phi) is 3.49. The molecule has 2 aromatic carbocycles. The van der Waals surface area contributed by atoms with E-state index in [1.165, 1.54) is 5.39 Å². The third-order valence-corrected chi connectivity index (χ3v) is 3.38. The molecule has 1 heterocycles. The lowest BCUT2D eigenvalue weighted by molar-refractivity contribution is 0.00696. The van der Waals surface area contributed by atoms with Gasteiger partial charge in [-0.05, 0) is 62.6 Å². The normalized spacial score (nSPS) is 11.6. The number of ether oxygens (including phenoxy) is 1. The maximum absolute atomic E-state index is 12.0. The number of nitrogens with zero attached hydrogens (tertiary/aromatic N) is 1. The molecule has 3 nitrogen and oxygen atoms in total. The molecule has 0 spiro atoms. The minimum atomic E-state index is -0.480. The molecule has 0 aliphatic carbocycles. The highest BCUT2D eigenvalue weighted by Gasteiger charge is 2.17. The molecule has 0 aliphatic rings. The summed E-state index contributed by atoms with van der Waals surface area (Å²) in [5.74, 6) is -0.295. The van der Waals surface area contributed by atoms with Gasteiger partial charge in [-0.25, -0.2) is 4.79 Å². The van der Waals surface area contributed by atoms with Crippen molar-refractivity contribution in [2.45, 2.75) is 26.4 Å². The van der Waals surface area contributed by atoms with Gasteiger partial charge >= 0.3 is 5.97 Å². The van der Waals surface area contributed by atoms with E-state index in [4.69, 9.17) is 4.74 Å². The maximum Gasteiger partial charge on any atom is 0.338 e. The van der Waals surface area contributed by atoms with Crippen molar-refractivity contribution in [1.82, 2.24) is 4.57 Å². The van der Waals surface area contributed by atoms with Crippen LogP contribution in [-0.2, 0) is 4.74 Å². The Balaban J connectivity index is 1.90. The number of carbonyl (C=O) groups is 1. The molecule has 3 rings (SSSR count). The maximum atomic E-state index is 12.0. The molecule has 112 valence electrons. The van der Waals surface area contributed by atoms with Crippen LogP contribution in [0.3, 0.4) is 0 Å². The van der Waals surface area contributed by atoms with E-state index in [0.29, 0.717) is 5.56 Å². The number of para-hydroxylation sites is 1. The Morgan fingerprint density at radius 1 is 0.955 bits per heavy atom. The van der Waals surface area contributed by atoms with Gasteiger partial charge in [-0.15, -0.1) is 0 Å². The number of rotatable bonds is 2. The monoisotopic (exact) mass is 293 g/mol. The van der Waals surface area contributed by atoms with Crippen LogP contribution in [0.25, 0.3) is 16.6 Å². The van der Waals surface area contributed by atoms with E-state index < -0.39 is 5.60 Å². The van der Waals surface area contributed by atoms with Gasteiger partial charge in [-0.1, -0.05) is 18.2 Å². The largest absolute Gasteiger partial charge is 0.456 e. The number of esters is 1. The molecule has 1 aromatic heterocycles. The predicted octanol–water partition coefficient (Wildman–Crippen LogP) is 4.59. The first-order valence-corrected chi connectivity index (χ1v) is 7.34. The second-order valence-corrected chi connectivity index (χ2v) is 6.29. The highest BCUT2D eigenvalue weighted by Crippen LogP contribution is 2.21. The number of hydrogen-bond acceptors (Lipinski definition) is 2. The average Bonchev–Trinajstić information content (AvgIpc) is 2.89. The van der Waals surface area contributed by atoms with Crippen LogP contribution in [0.4, 0.5) is 0 Å². The molecule has 0 saturated heterocycles. The van der Waals surface area contributed by atoms with Crippen molar-refractivity contribution in [2.24, 2.45) is 0 Å². The minimum absolute atomic E-state index is 0.295. The summed E-state index contributed by atoms with van der Waals surface area (Å²) in [6.07, 6.45) is 2.03. The molecule has 0 radical (unpaired) electrons. The topological polar surface area (TPSA) is 31.2 Å². The van der Waals surface area contributed by atoms with Crippen molar-refractivity contribution in [1.29, 1.82) is 0 Å². The molecule has 0 amide bonds. The summed E-state index contributed by atoms with van der Waals surface area (Å²) in [7, 11) is 0. The van der Waals surface area contributed by atoms with Crippen molar-refractivity contribution in [3.63, 3.8) is 0 Å². The second kappa shape index (κ2) is 5.34. The zero-order chi connectivity index (χ0) is 15.7. The van der Waals surface area contributed by atoms with Gasteiger partial charge in [0.1, 0.15) is 5.60 Å². The molecular formula is C19H19NO2. The fraction of sp³-hybridized carbons (Fsp3) is 0.211. The molecule has 0 aliphatic heterocycles. The van der Waals surface area contributed by atoms with Crippen LogP contribution in [0.5, 0.6) is 0 Å². The molecular weight excluding hydrogens is 274 g/mol. The summed E-state index contributed by atoms with van der Waals surface area (Å²) in [6, 6.07) is 17.8. The van der Waals surface area contributed by atoms with Gasteiger partial charge in [0.15, 0.2) is 0 Å². The second-order valence-electron chi connectivity index (χ2n) is 6.29. The summed E-state index contributed by atoms with van der Waals surface area (Å²) in [4.78, 5) is 12.0. The zero-order valence-electron chi connectivity index (χ0n) is 13.0. The summed E-state index contributed by atoms with van der Waals surface area (Å²) in [5, 5.41) is 1.19. The standard InChI is InChI=1S/C19H19NO2/c1-19(2,3)22-18(21)15-8-10-16(11-9-15)20-13-12-14-6-4-5-7-17(14)20/h4-13H,1-3H3. The molecule has 0 bridgehead atoms. The third-order valence-electron chi connectivity index (χ3n) is 3.38. The van der Waals surface area contributed by atoms with Crippen molar-refractivity contribution < 1.29 is 9.53 Å². The van der Waals surface area contributed by atoms with E-state index >= 15 is 0 Å².